The molecule has 0 unspecified atom stereocenters. The molecule has 4 N–H and O–H groups in total. The Morgan fingerprint density at radius 2 is 1.86 bits per heavy atom. The number of nitrogens with zero attached hydrogens (tertiary/aromatic N) is 1. The van der Waals surface area contributed by atoms with Crippen LogP contribution in [-0.4, -0.2) is 32.9 Å². The van der Waals surface area contributed by atoms with Crippen molar-refractivity contribution in [3.05, 3.63) is 58.0 Å². The second-order valence-electron chi connectivity index (χ2n) is 7.88. The van der Waals surface area contributed by atoms with Crippen LogP contribution in [0.3, 0.4) is 0 Å². The monoisotopic (exact) mass is 378 g/mol. The third kappa shape index (κ3) is 3.47. The molecule has 1 aliphatic rings. The number of hydrogen-bond donors (Lipinski definition) is 3. The van der Waals surface area contributed by atoms with Gasteiger partial charge in [-0.15, -0.1) is 0 Å². The van der Waals surface area contributed by atoms with Crippen LogP contribution in [0.15, 0.2) is 41.2 Å². The van der Waals surface area contributed by atoms with E-state index in [1.54, 1.807) is 6.07 Å². The largest absolute Gasteiger partial charge is 0.364 e. The van der Waals surface area contributed by atoms with Gasteiger partial charge in [0.2, 0.25) is 0 Å². The summed E-state index contributed by atoms with van der Waals surface area (Å²) >= 11 is 0. The molecule has 1 amide bonds. The third-order valence-corrected chi connectivity index (χ3v) is 5.89. The first-order valence-electron chi connectivity index (χ1n) is 9.83. The lowest BCUT2D eigenvalue weighted by Gasteiger charge is -2.39. The molecule has 0 radical (unpaired) electrons. The van der Waals surface area contributed by atoms with Crippen molar-refractivity contribution in [3.8, 4) is 11.3 Å². The maximum absolute atomic E-state index is 12.3. The minimum Gasteiger partial charge on any atom is -0.364 e. The summed E-state index contributed by atoms with van der Waals surface area (Å²) in [6.45, 7) is 5.56. The van der Waals surface area contributed by atoms with Gasteiger partial charge in [0.15, 0.2) is 0 Å². The molecule has 0 bridgehead atoms. The average Bonchev–Trinajstić information content (AvgIpc) is 3.07. The van der Waals surface area contributed by atoms with E-state index >= 15 is 0 Å². The lowest BCUT2D eigenvalue weighted by Crippen LogP contribution is -2.42. The minimum absolute atomic E-state index is 0.108. The number of carbonyl (C=O) groups is 1. The predicted molar refractivity (Wildman–Crippen MR) is 111 cm³/mol. The minimum atomic E-state index is -0.647. The van der Waals surface area contributed by atoms with Crippen LogP contribution in [0.4, 0.5) is 0 Å². The molecule has 146 valence electrons. The maximum Gasteiger partial charge on any atom is 0.265 e. The second kappa shape index (κ2) is 7.28. The van der Waals surface area contributed by atoms with Gasteiger partial charge < -0.3 is 15.7 Å². The number of aromatic nitrogens is 2. The molecule has 2 atom stereocenters. The standard InChI is InChI=1S/C22H26N4O2/c1-13-4-3-5-14(2)26(13)12-15-6-8-18-16(10-15)11-20(24-18)17-7-9-19(21(23)27)25-22(17)28/h6-11,13-14,24H,3-5,12H2,1-2H3,(H2,23,27)(H,25,28)/t13-,14+. The van der Waals surface area contributed by atoms with Crippen LogP contribution < -0.4 is 11.3 Å². The number of aromatic amines is 2. The molecular weight excluding hydrogens is 352 g/mol. The van der Waals surface area contributed by atoms with E-state index in [2.05, 4.69) is 46.9 Å². The Morgan fingerprint density at radius 3 is 2.54 bits per heavy atom. The Hall–Kier alpha value is -2.86. The van der Waals surface area contributed by atoms with Crippen LogP contribution in [0.1, 0.15) is 49.2 Å². The summed E-state index contributed by atoms with van der Waals surface area (Å²) in [5.74, 6) is -0.647. The van der Waals surface area contributed by atoms with E-state index < -0.39 is 5.91 Å². The quantitative estimate of drug-likeness (QED) is 0.649. The van der Waals surface area contributed by atoms with Gasteiger partial charge in [0.1, 0.15) is 5.69 Å². The Morgan fingerprint density at radius 1 is 1.11 bits per heavy atom. The van der Waals surface area contributed by atoms with Crippen LogP contribution in [0.25, 0.3) is 22.2 Å². The lowest BCUT2D eigenvalue weighted by atomic mass is 9.96. The molecule has 4 rings (SSSR count). The smallest absolute Gasteiger partial charge is 0.265 e. The number of primary amides is 1. The van der Waals surface area contributed by atoms with Gasteiger partial charge in [-0.1, -0.05) is 12.5 Å². The van der Waals surface area contributed by atoms with Gasteiger partial charge in [-0.2, -0.15) is 0 Å². The van der Waals surface area contributed by atoms with Crippen molar-refractivity contribution in [3.63, 3.8) is 0 Å². The fraction of sp³-hybridized carbons (Fsp3) is 0.364. The Labute approximate surface area is 163 Å². The summed E-state index contributed by atoms with van der Waals surface area (Å²) in [4.78, 5) is 32.0. The number of H-pyrrole nitrogens is 2. The highest BCUT2D eigenvalue weighted by Gasteiger charge is 2.24. The number of piperidine rings is 1. The SMILES string of the molecule is C[C@@H]1CCC[C@H](C)N1Cc1ccc2[nH]c(-c3ccc(C(N)=O)[nH]c3=O)cc2c1. The van der Waals surface area contributed by atoms with Crippen molar-refractivity contribution in [2.45, 2.75) is 51.7 Å². The Balaban J connectivity index is 1.63. The molecule has 6 heteroatoms. The summed E-state index contributed by atoms with van der Waals surface area (Å²) in [5, 5.41) is 1.07. The molecule has 3 heterocycles. The molecule has 0 spiro atoms. The summed E-state index contributed by atoms with van der Waals surface area (Å²) in [6, 6.07) is 12.8. The number of benzene rings is 1. The first kappa shape index (κ1) is 18.5. The van der Waals surface area contributed by atoms with Gasteiger partial charge in [0.05, 0.1) is 11.3 Å². The van der Waals surface area contributed by atoms with Crippen LogP contribution in [0.5, 0.6) is 0 Å². The second-order valence-corrected chi connectivity index (χ2v) is 7.88. The number of nitrogens with two attached hydrogens (primary N) is 1. The average molecular weight is 378 g/mol. The van der Waals surface area contributed by atoms with E-state index in [1.807, 2.05) is 6.07 Å². The number of amides is 1. The zero-order valence-electron chi connectivity index (χ0n) is 16.3. The van der Waals surface area contributed by atoms with E-state index in [0.717, 1.165) is 23.1 Å². The zero-order valence-corrected chi connectivity index (χ0v) is 16.3. The van der Waals surface area contributed by atoms with E-state index in [1.165, 1.54) is 30.9 Å². The number of likely N-dealkylation sites (tertiary alicyclic amines) is 1. The number of nitrogens with one attached hydrogen (secondary N) is 2. The molecule has 28 heavy (non-hydrogen) atoms. The van der Waals surface area contributed by atoms with E-state index in [0.29, 0.717) is 17.6 Å². The molecule has 1 saturated heterocycles. The summed E-state index contributed by atoms with van der Waals surface area (Å²) < 4.78 is 0. The molecule has 6 nitrogen and oxygen atoms in total. The van der Waals surface area contributed by atoms with Gasteiger partial charge in [-0.25, -0.2) is 0 Å². The van der Waals surface area contributed by atoms with E-state index in [9.17, 15) is 9.59 Å². The fourth-order valence-electron chi connectivity index (χ4n) is 4.25. The van der Waals surface area contributed by atoms with E-state index in [-0.39, 0.29) is 11.3 Å². The first-order chi connectivity index (χ1) is 13.4. The molecule has 2 aromatic heterocycles. The summed E-state index contributed by atoms with van der Waals surface area (Å²) in [7, 11) is 0. The molecule has 1 aliphatic heterocycles. The molecule has 0 saturated carbocycles. The van der Waals surface area contributed by atoms with Crippen molar-refractivity contribution in [2.24, 2.45) is 5.73 Å². The van der Waals surface area contributed by atoms with Crippen molar-refractivity contribution >= 4 is 16.8 Å². The van der Waals surface area contributed by atoms with Gasteiger partial charge >= 0.3 is 0 Å². The summed E-state index contributed by atoms with van der Waals surface area (Å²) in [6.07, 6.45) is 3.82. The number of hydrogen-bond acceptors (Lipinski definition) is 3. The molecule has 1 fully saturated rings. The molecule has 1 aromatic carbocycles. The fourth-order valence-corrected chi connectivity index (χ4v) is 4.25. The maximum atomic E-state index is 12.3. The van der Waals surface area contributed by atoms with Crippen LogP contribution in [0, 0.1) is 0 Å². The molecule has 0 aliphatic carbocycles. The van der Waals surface area contributed by atoms with Crippen LogP contribution >= 0.6 is 0 Å². The van der Waals surface area contributed by atoms with E-state index in [4.69, 9.17) is 5.73 Å². The van der Waals surface area contributed by atoms with Crippen LogP contribution in [0.2, 0.25) is 0 Å². The Bertz CT molecular complexity index is 1070. The van der Waals surface area contributed by atoms with Gasteiger partial charge in [-0.3, -0.25) is 14.5 Å². The highest BCUT2D eigenvalue weighted by molar-refractivity contribution is 5.91. The van der Waals surface area contributed by atoms with Gasteiger partial charge in [0, 0.05) is 29.5 Å². The number of carbonyl (C=O) groups excluding carboxylic acids is 1. The van der Waals surface area contributed by atoms with Crippen molar-refractivity contribution in [1.29, 1.82) is 0 Å². The zero-order chi connectivity index (χ0) is 19.8. The number of fused-ring (bicyclic) bond motifs is 1. The van der Waals surface area contributed by atoms with Gasteiger partial charge in [-0.05, 0) is 62.6 Å². The predicted octanol–water partition coefficient (Wildman–Crippen LogP) is 3.39. The topological polar surface area (TPSA) is 95.0 Å². The van der Waals surface area contributed by atoms with Crippen molar-refractivity contribution < 1.29 is 4.79 Å². The normalized spacial score (nSPS) is 20.5. The highest BCUT2D eigenvalue weighted by Crippen LogP contribution is 2.27. The number of pyridine rings is 1. The van der Waals surface area contributed by atoms with Gasteiger partial charge in [0.25, 0.3) is 11.5 Å². The molecular formula is C22H26N4O2. The lowest BCUT2D eigenvalue weighted by molar-refractivity contribution is 0.0953. The first-order valence-corrected chi connectivity index (χ1v) is 9.83. The molecule has 3 aromatic rings. The third-order valence-electron chi connectivity index (χ3n) is 5.89. The number of rotatable bonds is 4. The highest BCUT2D eigenvalue weighted by atomic mass is 16.1. The van der Waals surface area contributed by atoms with Crippen molar-refractivity contribution in [1.82, 2.24) is 14.9 Å². The summed E-state index contributed by atoms with van der Waals surface area (Å²) in [5.41, 5.74) is 8.47. The Kier molecular flexibility index (Phi) is 4.81. The van der Waals surface area contributed by atoms with Crippen LogP contribution in [-0.2, 0) is 6.54 Å². The van der Waals surface area contributed by atoms with Crippen molar-refractivity contribution in [2.75, 3.05) is 0 Å².